The molecule has 0 amide bonds. The van der Waals surface area contributed by atoms with Crippen molar-refractivity contribution in [1.82, 2.24) is 5.32 Å². The maximum Gasteiger partial charge on any atom is 0.206 e. The van der Waals surface area contributed by atoms with Gasteiger partial charge in [-0.2, -0.15) is 0 Å². The van der Waals surface area contributed by atoms with Crippen LogP contribution >= 0.6 is 28.7 Å². The molecule has 2 unspecified atom stereocenters. The van der Waals surface area contributed by atoms with Crippen molar-refractivity contribution in [3.05, 3.63) is 71.8 Å². The number of phenolic OH excluding ortho intramolecular Hbond substituents is 1. The van der Waals surface area contributed by atoms with E-state index in [-0.39, 0.29) is 34.2 Å². The molecule has 0 aliphatic carbocycles. The molecule has 4 nitrogen and oxygen atoms in total. The number of nitrogens with one attached hydrogen (secondary N) is 1. The number of amidine groups is 1. The SMILES string of the molecule is Br.C=CCSC1=NC2(CC(c3ccccc3)c3c(C)cc(O)cc3O2)CC(C)(C)N1. The number of phenols is 1. The number of thioether (sulfide) groups is 1. The van der Waals surface area contributed by atoms with E-state index in [1.54, 1.807) is 17.8 Å². The summed E-state index contributed by atoms with van der Waals surface area (Å²) in [4.78, 5) is 5.06. The lowest BCUT2D eigenvalue weighted by Crippen LogP contribution is -2.57. The summed E-state index contributed by atoms with van der Waals surface area (Å²) in [6, 6.07) is 14.1. The molecular weight excluding hydrogens is 460 g/mol. The van der Waals surface area contributed by atoms with Gasteiger partial charge in [0.25, 0.3) is 0 Å². The van der Waals surface area contributed by atoms with E-state index in [4.69, 9.17) is 9.73 Å². The Kier molecular flexibility index (Phi) is 6.58. The molecule has 30 heavy (non-hydrogen) atoms. The maximum atomic E-state index is 10.2. The van der Waals surface area contributed by atoms with Gasteiger partial charge in [0.15, 0.2) is 5.17 Å². The molecule has 0 fully saturated rings. The number of rotatable bonds is 3. The minimum Gasteiger partial charge on any atom is -0.508 e. The van der Waals surface area contributed by atoms with E-state index in [0.29, 0.717) is 0 Å². The van der Waals surface area contributed by atoms with E-state index in [1.807, 2.05) is 25.1 Å². The van der Waals surface area contributed by atoms with Gasteiger partial charge in [-0.3, -0.25) is 0 Å². The third-order valence-electron chi connectivity index (χ3n) is 5.51. The summed E-state index contributed by atoms with van der Waals surface area (Å²) in [5.41, 5.74) is 2.60. The van der Waals surface area contributed by atoms with Crippen LogP contribution in [0.4, 0.5) is 0 Å². The predicted octanol–water partition coefficient (Wildman–Crippen LogP) is 5.94. The van der Waals surface area contributed by atoms with Crippen LogP contribution in [0.25, 0.3) is 0 Å². The smallest absolute Gasteiger partial charge is 0.206 e. The number of aromatic hydroxyl groups is 1. The number of halogens is 1. The van der Waals surface area contributed by atoms with Crippen LogP contribution in [-0.4, -0.2) is 27.3 Å². The number of aryl methyl sites for hydroxylation is 1. The van der Waals surface area contributed by atoms with Gasteiger partial charge in [-0.05, 0) is 38.0 Å². The van der Waals surface area contributed by atoms with E-state index in [1.165, 1.54) is 5.56 Å². The monoisotopic (exact) mass is 488 g/mol. The van der Waals surface area contributed by atoms with Crippen LogP contribution in [0, 0.1) is 6.92 Å². The number of hydrogen-bond acceptors (Lipinski definition) is 5. The van der Waals surface area contributed by atoms with Gasteiger partial charge in [-0.1, -0.05) is 48.2 Å². The first-order valence-electron chi connectivity index (χ1n) is 10.0. The second kappa shape index (κ2) is 8.67. The molecule has 2 aliphatic heterocycles. The van der Waals surface area contributed by atoms with E-state index in [9.17, 15) is 5.11 Å². The summed E-state index contributed by atoms with van der Waals surface area (Å²) < 4.78 is 6.59. The highest BCUT2D eigenvalue weighted by Crippen LogP contribution is 2.50. The second-order valence-electron chi connectivity index (χ2n) is 8.59. The zero-order valence-corrected chi connectivity index (χ0v) is 20.2. The molecule has 0 saturated heterocycles. The fraction of sp³-hybridized carbons (Fsp3) is 0.375. The standard InChI is InChI=1S/C24H28N2O2S.BrH/c1-5-11-29-22-25-23(3,4)15-24(26-22)14-19(17-9-7-6-8-10-17)21-16(2)12-18(27)13-20(21)28-24;/h5-10,12-13,19,27H,1,11,14-15H2,2-4H3,(H,25,26);1H. The molecule has 2 N–H and O–H groups in total. The molecule has 2 aromatic carbocycles. The first kappa shape index (κ1) is 22.8. The summed E-state index contributed by atoms with van der Waals surface area (Å²) in [5.74, 6) is 1.90. The summed E-state index contributed by atoms with van der Waals surface area (Å²) in [6.45, 7) is 10.2. The van der Waals surface area contributed by atoms with Gasteiger partial charge in [0.2, 0.25) is 5.72 Å². The lowest BCUT2D eigenvalue weighted by atomic mass is 9.76. The Morgan fingerprint density at radius 2 is 2.03 bits per heavy atom. The number of ether oxygens (including phenoxy) is 1. The quantitative estimate of drug-likeness (QED) is 0.525. The van der Waals surface area contributed by atoms with Crippen molar-refractivity contribution in [3.8, 4) is 11.5 Å². The van der Waals surface area contributed by atoms with Crippen molar-refractivity contribution in [2.24, 2.45) is 4.99 Å². The summed E-state index contributed by atoms with van der Waals surface area (Å²) >= 11 is 1.64. The number of aliphatic imine (C=N–C) groups is 1. The lowest BCUT2D eigenvalue weighted by molar-refractivity contribution is 0.0132. The number of hydrogen-bond donors (Lipinski definition) is 2. The summed E-state index contributed by atoms with van der Waals surface area (Å²) in [7, 11) is 0. The van der Waals surface area contributed by atoms with Gasteiger partial charge >= 0.3 is 0 Å². The van der Waals surface area contributed by atoms with Gasteiger partial charge in [-0.15, -0.1) is 23.6 Å². The van der Waals surface area contributed by atoms with Crippen LogP contribution in [0.15, 0.2) is 60.1 Å². The number of benzene rings is 2. The molecule has 0 radical (unpaired) electrons. The van der Waals surface area contributed by atoms with Gasteiger partial charge in [0.05, 0.1) is 0 Å². The van der Waals surface area contributed by atoms with Crippen LogP contribution in [-0.2, 0) is 0 Å². The van der Waals surface area contributed by atoms with Crippen LogP contribution in [0.3, 0.4) is 0 Å². The zero-order chi connectivity index (χ0) is 20.6. The molecule has 160 valence electrons. The van der Waals surface area contributed by atoms with Gasteiger partial charge < -0.3 is 15.2 Å². The lowest BCUT2D eigenvalue weighted by Gasteiger charge is -2.47. The van der Waals surface area contributed by atoms with Crippen molar-refractivity contribution in [2.75, 3.05) is 5.75 Å². The Balaban J connectivity index is 0.00000256. The highest BCUT2D eigenvalue weighted by Gasteiger charge is 2.48. The molecule has 0 bridgehead atoms. The Hall–Kier alpha value is -1.92. The molecule has 1 spiro atoms. The fourth-order valence-electron chi connectivity index (χ4n) is 4.58. The van der Waals surface area contributed by atoms with Crippen molar-refractivity contribution < 1.29 is 9.84 Å². The highest BCUT2D eigenvalue weighted by atomic mass is 79.9. The molecule has 2 heterocycles. The second-order valence-corrected chi connectivity index (χ2v) is 9.60. The van der Waals surface area contributed by atoms with E-state index in [0.717, 1.165) is 40.6 Å². The van der Waals surface area contributed by atoms with Crippen LogP contribution in [0.1, 0.15) is 49.3 Å². The molecule has 2 aliphatic rings. The Morgan fingerprint density at radius 3 is 2.73 bits per heavy atom. The number of fused-ring (bicyclic) bond motifs is 1. The van der Waals surface area contributed by atoms with E-state index < -0.39 is 5.72 Å². The number of nitrogens with zero attached hydrogens (tertiary/aromatic N) is 1. The van der Waals surface area contributed by atoms with Crippen LogP contribution < -0.4 is 10.1 Å². The Bertz CT molecular complexity index is 961. The van der Waals surface area contributed by atoms with Crippen LogP contribution in [0.5, 0.6) is 11.5 Å². The van der Waals surface area contributed by atoms with E-state index in [2.05, 4.69) is 50.0 Å². The average Bonchev–Trinajstić information content (AvgIpc) is 2.64. The topological polar surface area (TPSA) is 53.9 Å². The molecular formula is C24H29BrN2O2S. The molecule has 0 aromatic heterocycles. The van der Waals surface area contributed by atoms with Crippen molar-refractivity contribution in [2.45, 2.75) is 50.8 Å². The predicted molar refractivity (Wildman–Crippen MR) is 131 cm³/mol. The van der Waals surface area contributed by atoms with Gasteiger partial charge in [-0.25, -0.2) is 4.99 Å². The molecule has 2 aromatic rings. The first-order valence-corrected chi connectivity index (χ1v) is 11.0. The van der Waals surface area contributed by atoms with Crippen LogP contribution in [0.2, 0.25) is 0 Å². The van der Waals surface area contributed by atoms with Gasteiger partial charge in [0.1, 0.15) is 11.5 Å². The third-order valence-corrected chi connectivity index (χ3v) is 6.38. The highest BCUT2D eigenvalue weighted by molar-refractivity contribution is 8.93. The minimum absolute atomic E-state index is 0. The third kappa shape index (κ3) is 4.54. The fourth-order valence-corrected chi connectivity index (χ4v) is 5.43. The molecule has 6 heteroatoms. The average molecular weight is 489 g/mol. The molecule has 2 atom stereocenters. The van der Waals surface area contributed by atoms with Crippen molar-refractivity contribution >= 4 is 33.9 Å². The normalized spacial score (nSPS) is 24.0. The Labute approximate surface area is 193 Å². The summed E-state index contributed by atoms with van der Waals surface area (Å²) in [5, 5.41) is 14.7. The zero-order valence-electron chi connectivity index (χ0n) is 17.6. The molecule has 0 saturated carbocycles. The summed E-state index contributed by atoms with van der Waals surface area (Å²) in [6.07, 6.45) is 3.39. The van der Waals surface area contributed by atoms with Gasteiger partial charge in [0, 0.05) is 41.7 Å². The first-order chi connectivity index (χ1) is 13.8. The van der Waals surface area contributed by atoms with Crippen molar-refractivity contribution in [3.63, 3.8) is 0 Å². The van der Waals surface area contributed by atoms with Crippen molar-refractivity contribution in [1.29, 1.82) is 0 Å². The molecule has 4 rings (SSSR count). The maximum absolute atomic E-state index is 10.2. The van der Waals surface area contributed by atoms with E-state index >= 15 is 0 Å². The largest absolute Gasteiger partial charge is 0.508 e. The minimum atomic E-state index is -0.675. The Morgan fingerprint density at radius 1 is 1.30 bits per heavy atom.